The number of ether oxygens (including phenoxy) is 1. The number of imidazole rings is 1. The van der Waals surface area contributed by atoms with Crippen molar-refractivity contribution >= 4 is 28.5 Å². The van der Waals surface area contributed by atoms with E-state index in [1.54, 1.807) is 29.2 Å². The van der Waals surface area contributed by atoms with Crippen LogP contribution in [-0.2, 0) is 0 Å². The highest BCUT2D eigenvalue weighted by Gasteiger charge is 2.23. The van der Waals surface area contributed by atoms with Gasteiger partial charge in [0, 0.05) is 38.3 Å². The van der Waals surface area contributed by atoms with Crippen LogP contribution in [0.25, 0.3) is 11.0 Å². The molecule has 0 saturated carbocycles. The summed E-state index contributed by atoms with van der Waals surface area (Å²) in [5, 5.41) is 0.586. The third-order valence-corrected chi connectivity index (χ3v) is 5.43. The lowest BCUT2D eigenvalue weighted by Gasteiger charge is -2.34. The van der Waals surface area contributed by atoms with Crippen molar-refractivity contribution in [2.75, 3.05) is 39.3 Å². The number of amides is 1. The Hall–Kier alpha value is -2.71. The summed E-state index contributed by atoms with van der Waals surface area (Å²) in [6.45, 7) is 3.91. The van der Waals surface area contributed by atoms with Gasteiger partial charge in [-0.3, -0.25) is 9.69 Å². The minimum atomic E-state index is -2.67. The van der Waals surface area contributed by atoms with Gasteiger partial charge < -0.3 is 14.6 Å². The van der Waals surface area contributed by atoms with Crippen molar-refractivity contribution in [1.29, 1.82) is 0 Å². The van der Waals surface area contributed by atoms with Gasteiger partial charge in [0.2, 0.25) is 0 Å². The number of piperazine rings is 1. The number of fused-ring (bicyclic) bond motifs is 1. The molecule has 2 heterocycles. The minimum absolute atomic E-state index is 0.114. The van der Waals surface area contributed by atoms with Crippen LogP contribution < -0.4 is 4.74 Å². The van der Waals surface area contributed by atoms with Crippen molar-refractivity contribution in [3.63, 3.8) is 0 Å². The molecule has 0 aliphatic carbocycles. The van der Waals surface area contributed by atoms with Crippen LogP contribution in [-0.4, -0.2) is 65.0 Å². The molecule has 0 atom stereocenters. The fourth-order valence-electron chi connectivity index (χ4n) is 3.47. The number of para-hydroxylation sites is 1. The van der Waals surface area contributed by atoms with E-state index in [1.165, 1.54) is 0 Å². The lowest BCUT2D eigenvalue weighted by Crippen LogP contribution is -2.49. The first kappa shape index (κ1) is 20.6. The van der Waals surface area contributed by atoms with Gasteiger partial charge in [-0.15, -0.1) is 0 Å². The molecule has 30 heavy (non-hydrogen) atoms. The number of hydrogen-bond acceptors (Lipinski definition) is 4. The fourth-order valence-corrected chi connectivity index (χ4v) is 3.66. The summed E-state index contributed by atoms with van der Waals surface area (Å²) in [7, 11) is 0. The van der Waals surface area contributed by atoms with Crippen LogP contribution in [0.3, 0.4) is 0 Å². The Kier molecular flexibility index (Phi) is 6.15. The first-order valence-electron chi connectivity index (χ1n) is 9.68. The van der Waals surface area contributed by atoms with Gasteiger partial charge in [0.25, 0.3) is 12.3 Å². The molecular weight excluding hydrogens is 414 g/mol. The van der Waals surface area contributed by atoms with E-state index in [4.69, 9.17) is 16.3 Å². The van der Waals surface area contributed by atoms with Gasteiger partial charge in [-0.1, -0.05) is 23.7 Å². The monoisotopic (exact) mass is 434 g/mol. The summed E-state index contributed by atoms with van der Waals surface area (Å²) < 4.78 is 31.3. The molecule has 9 heteroatoms. The van der Waals surface area contributed by atoms with Gasteiger partial charge in [-0.25, -0.2) is 13.8 Å². The molecule has 1 N–H and O–H groups in total. The summed E-state index contributed by atoms with van der Waals surface area (Å²) in [5.41, 5.74) is 1.32. The van der Waals surface area contributed by atoms with Crippen LogP contribution in [0.15, 0.2) is 42.5 Å². The van der Waals surface area contributed by atoms with Crippen molar-refractivity contribution in [3.05, 3.63) is 58.9 Å². The van der Waals surface area contributed by atoms with E-state index in [1.807, 2.05) is 18.2 Å². The molecule has 4 rings (SSSR count). The summed E-state index contributed by atoms with van der Waals surface area (Å²) in [6.07, 6.45) is -2.67. The van der Waals surface area contributed by atoms with Crippen LogP contribution in [0.2, 0.25) is 5.02 Å². The van der Waals surface area contributed by atoms with Crippen molar-refractivity contribution in [3.8, 4) is 5.75 Å². The Morgan fingerprint density at radius 1 is 1.17 bits per heavy atom. The second-order valence-corrected chi connectivity index (χ2v) is 7.47. The van der Waals surface area contributed by atoms with E-state index in [2.05, 4.69) is 14.9 Å². The smallest absolute Gasteiger partial charge is 0.295 e. The molecule has 0 bridgehead atoms. The zero-order chi connectivity index (χ0) is 21.1. The quantitative estimate of drug-likeness (QED) is 0.637. The maximum Gasteiger partial charge on any atom is 0.295 e. The standard InChI is InChI=1S/C21H21ClF2N4O2/c22-15-3-1-2-4-18(15)30-12-11-27-7-9-28(10-8-27)21(29)14-5-6-16-17(13-14)26-20(25-16)19(23)24/h1-6,13,19H,7-12H2,(H,25,26). The zero-order valence-electron chi connectivity index (χ0n) is 16.2. The van der Waals surface area contributed by atoms with Gasteiger partial charge >= 0.3 is 0 Å². The van der Waals surface area contributed by atoms with Crippen molar-refractivity contribution in [1.82, 2.24) is 19.8 Å². The molecule has 3 aromatic rings. The summed E-state index contributed by atoms with van der Waals surface area (Å²) in [4.78, 5) is 23.2. The largest absolute Gasteiger partial charge is 0.491 e. The number of carbonyl (C=O) groups is 1. The average Bonchev–Trinajstić information content (AvgIpc) is 3.19. The van der Waals surface area contributed by atoms with Crippen LogP contribution >= 0.6 is 11.6 Å². The number of nitrogens with one attached hydrogen (secondary N) is 1. The summed E-state index contributed by atoms with van der Waals surface area (Å²) >= 11 is 6.09. The van der Waals surface area contributed by atoms with Crippen molar-refractivity contribution in [2.45, 2.75) is 6.43 Å². The van der Waals surface area contributed by atoms with Crippen molar-refractivity contribution in [2.24, 2.45) is 0 Å². The van der Waals surface area contributed by atoms with Gasteiger partial charge in [0.15, 0.2) is 5.82 Å². The Labute approximate surface area is 177 Å². The van der Waals surface area contributed by atoms with E-state index in [-0.39, 0.29) is 11.7 Å². The third kappa shape index (κ3) is 4.55. The predicted molar refractivity (Wildman–Crippen MR) is 110 cm³/mol. The third-order valence-electron chi connectivity index (χ3n) is 5.12. The summed E-state index contributed by atoms with van der Waals surface area (Å²) in [5.74, 6) is 0.163. The van der Waals surface area contributed by atoms with Crippen LogP contribution in [0.1, 0.15) is 22.6 Å². The SMILES string of the molecule is O=C(c1ccc2nc(C(F)F)[nH]c2c1)N1CCN(CCOc2ccccc2Cl)CC1. The summed E-state index contributed by atoms with van der Waals surface area (Å²) in [6, 6.07) is 12.2. The Morgan fingerprint density at radius 2 is 1.93 bits per heavy atom. The molecule has 1 aromatic heterocycles. The van der Waals surface area contributed by atoms with E-state index < -0.39 is 6.43 Å². The minimum Gasteiger partial charge on any atom is -0.491 e. The second kappa shape index (κ2) is 8.97. The van der Waals surface area contributed by atoms with Gasteiger partial charge in [0.1, 0.15) is 12.4 Å². The molecule has 1 fully saturated rings. The van der Waals surface area contributed by atoms with Gasteiger partial charge in [0.05, 0.1) is 16.1 Å². The number of nitrogens with zero attached hydrogens (tertiary/aromatic N) is 3. The molecule has 1 aliphatic rings. The van der Waals surface area contributed by atoms with Crippen LogP contribution in [0, 0.1) is 0 Å². The lowest BCUT2D eigenvalue weighted by atomic mass is 10.1. The maximum absolute atomic E-state index is 12.8. The van der Waals surface area contributed by atoms with Crippen LogP contribution in [0.5, 0.6) is 5.75 Å². The van der Waals surface area contributed by atoms with E-state index in [0.29, 0.717) is 47.1 Å². The van der Waals surface area contributed by atoms with Gasteiger partial charge in [-0.05, 0) is 30.3 Å². The number of benzene rings is 2. The first-order valence-corrected chi connectivity index (χ1v) is 10.1. The number of alkyl halides is 2. The van der Waals surface area contributed by atoms with Crippen LogP contribution in [0.4, 0.5) is 8.78 Å². The fraction of sp³-hybridized carbons (Fsp3) is 0.333. The number of aromatic nitrogens is 2. The molecule has 158 valence electrons. The maximum atomic E-state index is 12.8. The Bertz CT molecular complexity index is 1030. The predicted octanol–water partition coefficient (Wildman–Crippen LogP) is 3.99. The topological polar surface area (TPSA) is 61.5 Å². The lowest BCUT2D eigenvalue weighted by molar-refractivity contribution is 0.0620. The molecular formula is C21H21ClF2N4O2. The number of hydrogen-bond donors (Lipinski definition) is 1. The van der Waals surface area contributed by atoms with E-state index in [9.17, 15) is 13.6 Å². The molecule has 1 amide bonds. The Morgan fingerprint density at radius 3 is 2.67 bits per heavy atom. The highest BCUT2D eigenvalue weighted by Crippen LogP contribution is 2.23. The molecule has 0 radical (unpaired) electrons. The molecule has 6 nitrogen and oxygen atoms in total. The second-order valence-electron chi connectivity index (χ2n) is 7.07. The molecule has 0 unspecified atom stereocenters. The van der Waals surface area contributed by atoms with E-state index in [0.717, 1.165) is 19.6 Å². The Balaban J connectivity index is 1.30. The van der Waals surface area contributed by atoms with Gasteiger partial charge in [-0.2, -0.15) is 0 Å². The zero-order valence-corrected chi connectivity index (χ0v) is 16.9. The van der Waals surface area contributed by atoms with Crippen molar-refractivity contribution < 1.29 is 18.3 Å². The molecule has 1 aliphatic heterocycles. The molecule has 0 spiro atoms. The molecule has 2 aromatic carbocycles. The number of aromatic amines is 1. The first-order chi connectivity index (χ1) is 14.5. The molecule has 1 saturated heterocycles. The number of halogens is 3. The van der Waals surface area contributed by atoms with E-state index >= 15 is 0 Å². The highest BCUT2D eigenvalue weighted by atomic mass is 35.5. The average molecular weight is 435 g/mol. The number of carbonyl (C=O) groups excluding carboxylic acids is 1. The normalized spacial score (nSPS) is 15.1. The number of rotatable bonds is 6. The number of H-pyrrole nitrogens is 1. The highest BCUT2D eigenvalue weighted by molar-refractivity contribution is 6.32.